The van der Waals surface area contributed by atoms with Gasteiger partial charge in [0.15, 0.2) is 0 Å². The van der Waals surface area contributed by atoms with Gasteiger partial charge in [-0.15, -0.1) is 10.2 Å². The summed E-state index contributed by atoms with van der Waals surface area (Å²) in [6, 6.07) is 19.0. The first kappa shape index (κ1) is 17.4. The van der Waals surface area contributed by atoms with Crippen LogP contribution in [0.3, 0.4) is 0 Å². The monoisotopic (exact) mass is 368 g/mol. The molecule has 7 nitrogen and oxygen atoms in total. The van der Waals surface area contributed by atoms with Gasteiger partial charge in [0.05, 0.1) is 29.5 Å². The van der Waals surface area contributed by atoms with E-state index in [1.54, 1.807) is 18.5 Å². The number of pyridine rings is 1. The predicted molar refractivity (Wildman–Crippen MR) is 106 cm³/mol. The first-order valence-corrected chi connectivity index (χ1v) is 8.66. The molecule has 0 aliphatic carbocycles. The molecule has 1 aromatic carbocycles. The van der Waals surface area contributed by atoms with E-state index in [2.05, 4.69) is 30.7 Å². The van der Waals surface area contributed by atoms with E-state index < -0.39 is 0 Å². The number of carbonyl (C=O) groups excluding carboxylic acids is 1. The maximum Gasteiger partial charge on any atom is 0.221 e. The number of amides is 1. The van der Waals surface area contributed by atoms with Crippen LogP contribution in [-0.2, 0) is 4.79 Å². The van der Waals surface area contributed by atoms with Crippen LogP contribution < -0.4 is 5.32 Å². The molecule has 1 N–H and O–H groups in total. The molecule has 4 rings (SSSR count). The summed E-state index contributed by atoms with van der Waals surface area (Å²) in [6.45, 7) is 1.45. The first-order valence-electron chi connectivity index (χ1n) is 8.66. The summed E-state index contributed by atoms with van der Waals surface area (Å²) in [5, 5.41) is 19.1. The van der Waals surface area contributed by atoms with Gasteiger partial charge < -0.3 is 5.32 Å². The van der Waals surface area contributed by atoms with Crippen LogP contribution in [0.2, 0.25) is 0 Å². The van der Waals surface area contributed by atoms with Crippen molar-refractivity contribution >= 4 is 11.6 Å². The lowest BCUT2D eigenvalue weighted by Crippen LogP contribution is -2.08. The molecule has 0 radical (unpaired) electrons. The van der Waals surface area contributed by atoms with Crippen LogP contribution in [0.5, 0.6) is 0 Å². The molecule has 0 unspecified atom stereocenters. The molecule has 0 fully saturated rings. The van der Waals surface area contributed by atoms with Crippen LogP contribution in [0, 0.1) is 0 Å². The van der Waals surface area contributed by atoms with Crippen molar-refractivity contribution in [3.63, 3.8) is 0 Å². The molecule has 28 heavy (non-hydrogen) atoms. The van der Waals surface area contributed by atoms with Gasteiger partial charge in [-0.2, -0.15) is 10.2 Å². The molecule has 0 saturated heterocycles. The van der Waals surface area contributed by atoms with E-state index in [9.17, 15) is 4.79 Å². The molecule has 4 aromatic rings. The van der Waals surface area contributed by atoms with Gasteiger partial charge in [-0.25, -0.2) is 4.98 Å². The molecular formula is C21H16N6O. The third kappa shape index (κ3) is 3.73. The summed E-state index contributed by atoms with van der Waals surface area (Å²) in [4.78, 5) is 16.3. The summed E-state index contributed by atoms with van der Waals surface area (Å²) in [5.74, 6) is -0.185. The van der Waals surface area contributed by atoms with E-state index in [1.807, 2.05) is 54.6 Å². The SMILES string of the molecule is CC(=O)Nc1ccc(-c2ccnnc2)nc1-c1ccc(-c2ccccc2)nn1. The van der Waals surface area contributed by atoms with E-state index in [1.165, 1.54) is 6.92 Å². The Morgan fingerprint density at radius 3 is 2.21 bits per heavy atom. The second-order valence-corrected chi connectivity index (χ2v) is 6.07. The zero-order valence-corrected chi connectivity index (χ0v) is 15.1. The number of hydrogen-bond acceptors (Lipinski definition) is 6. The van der Waals surface area contributed by atoms with Crippen molar-refractivity contribution in [3.8, 4) is 33.9 Å². The number of anilines is 1. The minimum absolute atomic E-state index is 0.185. The summed E-state index contributed by atoms with van der Waals surface area (Å²) in [7, 11) is 0. The maximum absolute atomic E-state index is 11.6. The second kappa shape index (κ2) is 7.71. The standard InChI is InChI=1S/C21H16N6O/c1-14(28)24-19-9-7-17(16-11-12-22-23-13-16)25-21(19)20-10-8-18(26-27-20)15-5-3-2-4-6-15/h2-13H,1H3,(H,24,28). The first-order chi connectivity index (χ1) is 13.7. The van der Waals surface area contributed by atoms with Crippen molar-refractivity contribution < 1.29 is 4.79 Å². The molecule has 0 aliphatic rings. The highest BCUT2D eigenvalue weighted by Gasteiger charge is 2.13. The molecule has 0 saturated carbocycles. The Bertz CT molecular complexity index is 1100. The van der Waals surface area contributed by atoms with Crippen LogP contribution in [0.25, 0.3) is 33.9 Å². The van der Waals surface area contributed by atoms with Crippen molar-refractivity contribution in [2.45, 2.75) is 6.92 Å². The number of aromatic nitrogens is 5. The largest absolute Gasteiger partial charge is 0.324 e. The average molecular weight is 368 g/mol. The molecular weight excluding hydrogens is 352 g/mol. The molecule has 7 heteroatoms. The molecule has 0 atom stereocenters. The van der Waals surface area contributed by atoms with E-state index in [-0.39, 0.29) is 5.91 Å². The van der Waals surface area contributed by atoms with Gasteiger partial charge >= 0.3 is 0 Å². The summed E-state index contributed by atoms with van der Waals surface area (Å²) in [5.41, 5.74) is 4.93. The normalized spacial score (nSPS) is 10.5. The Balaban J connectivity index is 1.77. The fourth-order valence-electron chi connectivity index (χ4n) is 2.77. The smallest absolute Gasteiger partial charge is 0.221 e. The van der Waals surface area contributed by atoms with Crippen molar-refractivity contribution in [2.75, 3.05) is 5.32 Å². The van der Waals surface area contributed by atoms with Crippen molar-refractivity contribution in [3.05, 3.63) is 73.1 Å². The Labute approximate surface area is 161 Å². The lowest BCUT2D eigenvalue weighted by atomic mass is 10.1. The number of nitrogens with one attached hydrogen (secondary N) is 1. The Hall–Kier alpha value is -4.00. The topological polar surface area (TPSA) is 93.6 Å². The zero-order valence-electron chi connectivity index (χ0n) is 15.1. The van der Waals surface area contributed by atoms with Crippen LogP contribution in [0.15, 0.2) is 73.1 Å². The Morgan fingerprint density at radius 1 is 0.786 bits per heavy atom. The quantitative estimate of drug-likeness (QED) is 0.591. The molecule has 136 valence electrons. The van der Waals surface area contributed by atoms with Gasteiger partial charge in [0.1, 0.15) is 11.4 Å². The highest BCUT2D eigenvalue weighted by atomic mass is 16.1. The fourth-order valence-corrected chi connectivity index (χ4v) is 2.77. The fraction of sp³-hybridized carbons (Fsp3) is 0.0476. The van der Waals surface area contributed by atoms with Crippen LogP contribution in [0.1, 0.15) is 6.92 Å². The Morgan fingerprint density at radius 2 is 1.54 bits per heavy atom. The van der Waals surface area contributed by atoms with Crippen LogP contribution >= 0.6 is 0 Å². The molecule has 0 spiro atoms. The summed E-state index contributed by atoms with van der Waals surface area (Å²) < 4.78 is 0. The molecule has 0 aliphatic heterocycles. The number of nitrogens with zero attached hydrogens (tertiary/aromatic N) is 5. The number of hydrogen-bond donors (Lipinski definition) is 1. The highest BCUT2D eigenvalue weighted by Crippen LogP contribution is 2.28. The predicted octanol–water partition coefficient (Wildman–Crippen LogP) is 3.62. The number of benzene rings is 1. The van der Waals surface area contributed by atoms with Gasteiger partial charge in [-0.3, -0.25) is 4.79 Å². The minimum Gasteiger partial charge on any atom is -0.324 e. The van der Waals surface area contributed by atoms with Gasteiger partial charge in [0.2, 0.25) is 5.91 Å². The third-order valence-corrected chi connectivity index (χ3v) is 4.06. The molecule has 3 aromatic heterocycles. The molecule has 3 heterocycles. The molecule has 0 bridgehead atoms. The highest BCUT2D eigenvalue weighted by molar-refractivity contribution is 5.93. The lowest BCUT2D eigenvalue weighted by Gasteiger charge is -2.11. The van der Waals surface area contributed by atoms with E-state index in [4.69, 9.17) is 0 Å². The summed E-state index contributed by atoms with van der Waals surface area (Å²) in [6.07, 6.45) is 3.24. The van der Waals surface area contributed by atoms with E-state index >= 15 is 0 Å². The van der Waals surface area contributed by atoms with Crippen LogP contribution in [0.4, 0.5) is 5.69 Å². The van der Waals surface area contributed by atoms with Gasteiger partial charge in [0.25, 0.3) is 0 Å². The zero-order chi connectivity index (χ0) is 19.3. The molecule has 1 amide bonds. The van der Waals surface area contributed by atoms with E-state index in [0.29, 0.717) is 22.8 Å². The third-order valence-electron chi connectivity index (χ3n) is 4.06. The second-order valence-electron chi connectivity index (χ2n) is 6.07. The van der Waals surface area contributed by atoms with Gasteiger partial charge in [0, 0.05) is 18.1 Å². The van der Waals surface area contributed by atoms with Crippen LogP contribution in [-0.4, -0.2) is 31.3 Å². The van der Waals surface area contributed by atoms with Crippen molar-refractivity contribution in [1.82, 2.24) is 25.4 Å². The summed E-state index contributed by atoms with van der Waals surface area (Å²) >= 11 is 0. The number of rotatable bonds is 4. The average Bonchev–Trinajstić information content (AvgIpc) is 2.75. The minimum atomic E-state index is -0.185. The Kier molecular flexibility index (Phi) is 4.79. The van der Waals surface area contributed by atoms with Crippen molar-refractivity contribution in [1.29, 1.82) is 0 Å². The van der Waals surface area contributed by atoms with Crippen molar-refractivity contribution in [2.24, 2.45) is 0 Å². The van der Waals surface area contributed by atoms with Gasteiger partial charge in [-0.05, 0) is 30.3 Å². The van der Waals surface area contributed by atoms with Gasteiger partial charge in [-0.1, -0.05) is 30.3 Å². The van der Waals surface area contributed by atoms with E-state index in [0.717, 1.165) is 16.8 Å². The maximum atomic E-state index is 11.6. The number of carbonyl (C=O) groups is 1. The lowest BCUT2D eigenvalue weighted by molar-refractivity contribution is -0.114.